The van der Waals surface area contributed by atoms with E-state index in [0.717, 1.165) is 6.42 Å². The zero-order valence-electron chi connectivity index (χ0n) is 18.2. The first-order chi connectivity index (χ1) is 15.3. The first-order valence-electron chi connectivity index (χ1n) is 10.0. The number of carbonyl (C=O) groups is 2. The summed E-state index contributed by atoms with van der Waals surface area (Å²) in [6, 6.07) is 8.96. The summed E-state index contributed by atoms with van der Waals surface area (Å²) in [6.07, 6.45) is 0.727. The molecule has 2 rings (SSSR count). The second-order valence-electron chi connectivity index (χ2n) is 6.96. The van der Waals surface area contributed by atoms with Crippen molar-refractivity contribution in [1.82, 2.24) is 10.2 Å². The molecule has 0 aromatic heterocycles. The Hall–Kier alpha value is -3.69. The molecule has 9 nitrogen and oxygen atoms in total. The van der Waals surface area contributed by atoms with Gasteiger partial charge in [0.1, 0.15) is 17.6 Å². The summed E-state index contributed by atoms with van der Waals surface area (Å²) in [6.45, 7) is 3.32. The van der Waals surface area contributed by atoms with E-state index >= 15 is 0 Å². The Morgan fingerprint density at radius 1 is 1.25 bits per heavy atom. The third-order valence-corrected chi connectivity index (χ3v) is 4.73. The topological polar surface area (TPSA) is 111 Å². The molecule has 0 aliphatic heterocycles. The molecule has 0 aliphatic carbocycles. The van der Waals surface area contributed by atoms with Gasteiger partial charge >= 0.3 is 5.69 Å². The number of nitro groups is 1. The fourth-order valence-corrected chi connectivity index (χ4v) is 2.92. The number of benzene rings is 2. The molecule has 0 bridgehead atoms. The van der Waals surface area contributed by atoms with Crippen LogP contribution in [-0.4, -0.2) is 47.9 Å². The molecule has 10 heteroatoms. The molecule has 2 amide bonds. The molecule has 32 heavy (non-hydrogen) atoms. The van der Waals surface area contributed by atoms with Crippen LogP contribution in [0.4, 0.5) is 10.1 Å². The number of nitro benzene ring substituents is 1. The standard InChI is InChI=1S/C22H26FN3O6/c1-4-11-24-22(28)15(2)25(13-16-7-5-6-8-18(16)23)21(27)14-32-17-9-10-19(26(29)30)20(12-17)31-3/h5-10,12,15H,4,11,13-14H2,1-3H3,(H,24,28). The number of hydrogen-bond donors (Lipinski definition) is 1. The summed E-state index contributed by atoms with van der Waals surface area (Å²) < 4.78 is 24.7. The predicted octanol–water partition coefficient (Wildman–Crippen LogP) is 3.06. The molecule has 0 saturated carbocycles. The monoisotopic (exact) mass is 447 g/mol. The predicted molar refractivity (Wildman–Crippen MR) is 115 cm³/mol. The number of rotatable bonds is 11. The number of nitrogens with zero attached hydrogens (tertiary/aromatic N) is 2. The van der Waals surface area contributed by atoms with Crippen molar-refractivity contribution in [3.8, 4) is 11.5 Å². The van der Waals surface area contributed by atoms with Gasteiger partial charge in [-0.25, -0.2) is 4.39 Å². The van der Waals surface area contributed by atoms with Crippen molar-refractivity contribution < 1.29 is 28.4 Å². The molecule has 0 heterocycles. The highest BCUT2D eigenvalue weighted by molar-refractivity contribution is 5.88. The van der Waals surface area contributed by atoms with Crippen molar-refractivity contribution in [2.45, 2.75) is 32.9 Å². The van der Waals surface area contributed by atoms with Gasteiger partial charge in [-0.15, -0.1) is 0 Å². The maximum Gasteiger partial charge on any atom is 0.311 e. The van der Waals surface area contributed by atoms with Gasteiger partial charge in [-0.1, -0.05) is 25.1 Å². The Morgan fingerprint density at radius 3 is 2.59 bits per heavy atom. The summed E-state index contributed by atoms with van der Waals surface area (Å²) in [5.41, 5.74) is 0.0153. The minimum atomic E-state index is -0.872. The molecule has 2 aromatic carbocycles. The number of methoxy groups -OCH3 is 1. The molecule has 0 spiro atoms. The van der Waals surface area contributed by atoms with Crippen molar-refractivity contribution in [3.05, 3.63) is 64.0 Å². The van der Waals surface area contributed by atoms with Gasteiger partial charge < -0.3 is 19.7 Å². The summed E-state index contributed by atoms with van der Waals surface area (Å²) in [5.74, 6) is -1.25. The molecular weight excluding hydrogens is 421 g/mol. The number of carbonyl (C=O) groups excluding carboxylic acids is 2. The third-order valence-electron chi connectivity index (χ3n) is 4.73. The van der Waals surface area contributed by atoms with Crippen LogP contribution in [0, 0.1) is 15.9 Å². The minimum absolute atomic E-state index is 0.0181. The van der Waals surface area contributed by atoms with Crippen LogP contribution >= 0.6 is 0 Å². The van der Waals surface area contributed by atoms with Crippen molar-refractivity contribution in [3.63, 3.8) is 0 Å². The largest absolute Gasteiger partial charge is 0.490 e. The highest BCUT2D eigenvalue weighted by atomic mass is 19.1. The molecule has 172 valence electrons. The molecule has 1 unspecified atom stereocenters. The number of ether oxygens (including phenoxy) is 2. The van der Waals surface area contributed by atoms with E-state index in [-0.39, 0.29) is 35.2 Å². The molecular formula is C22H26FN3O6. The van der Waals surface area contributed by atoms with Crippen molar-refractivity contribution in [2.24, 2.45) is 0 Å². The van der Waals surface area contributed by atoms with Crippen LogP contribution in [0.2, 0.25) is 0 Å². The van der Waals surface area contributed by atoms with E-state index in [4.69, 9.17) is 9.47 Å². The molecule has 0 saturated heterocycles. The van der Waals surface area contributed by atoms with E-state index in [0.29, 0.717) is 6.54 Å². The average molecular weight is 447 g/mol. The molecule has 0 radical (unpaired) electrons. The molecule has 0 fully saturated rings. The van der Waals surface area contributed by atoms with Gasteiger partial charge in [-0.2, -0.15) is 0 Å². The number of amides is 2. The lowest BCUT2D eigenvalue weighted by Gasteiger charge is -2.28. The zero-order valence-corrected chi connectivity index (χ0v) is 18.2. The fourth-order valence-electron chi connectivity index (χ4n) is 2.92. The second-order valence-corrected chi connectivity index (χ2v) is 6.96. The number of halogens is 1. The quantitative estimate of drug-likeness (QED) is 0.419. The Kier molecular flexibility index (Phi) is 8.94. The van der Waals surface area contributed by atoms with Crippen LogP contribution in [-0.2, 0) is 16.1 Å². The Balaban J connectivity index is 2.19. The third kappa shape index (κ3) is 6.40. The summed E-state index contributed by atoms with van der Waals surface area (Å²) >= 11 is 0. The van der Waals surface area contributed by atoms with Gasteiger partial charge in [0.15, 0.2) is 6.61 Å². The van der Waals surface area contributed by atoms with Crippen molar-refractivity contribution in [1.29, 1.82) is 0 Å². The lowest BCUT2D eigenvalue weighted by atomic mass is 10.1. The normalized spacial score (nSPS) is 11.4. The lowest BCUT2D eigenvalue weighted by Crippen LogP contribution is -2.49. The Labute approximate surface area is 185 Å². The van der Waals surface area contributed by atoms with Gasteiger partial charge in [-0.3, -0.25) is 19.7 Å². The van der Waals surface area contributed by atoms with Gasteiger partial charge in [0.2, 0.25) is 11.7 Å². The molecule has 0 aliphatic rings. The van der Waals surface area contributed by atoms with Gasteiger partial charge in [0, 0.05) is 30.8 Å². The van der Waals surface area contributed by atoms with Crippen molar-refractivity contribution >= 4 is 17.5 Å². The van der Waals surface area contributed by atoms with Crippen LogP contribution in [0.3, 0.4) is 0 Å². The van der Waals surface area contributed by atoms with Gasteiger partial charge in [0.25, 0.3) is 5.91 Å². The fraction of sp³-hybridized carbons (Fsp3) is 0.364. The average Bonchev–Trinajstić information content (AvgIpc) is 2.79. The molecule has 1 atom stereocenters. The van der Waals surface area contributed by atoms with E-state index in [1.54, 1.807) is 13.0 Å². The SMILES string of the molecule is CCCNC(=O)C(C)N(Cc1ccccc1F)C(=O)COc1ccc([N+](=O)[O-])c(OC)c1. The van der Waals surface area contributed by atoms with E-state index in [1.165, 1.54) is 48.4 Å². The first kappa shape index (κ1) is 24.6. The van der Waals surface area contributed by atoms with E-state index < -0.39 is 29.3 Å². The van der Waals surface area contributed by atoms with Gasteiger partial charge in [0.05, 0.1) is 12.0 Å². The first-order valence-corrected chi connectivity index (χ1v) is 10.0. The molecule has 2 aromatic rings. The minimum Gasteiger partial charge on any atom is -0.490 e. The smallest absolute Gasteiger partial charge is 0.311 e. The number of nitrogens with one attached hydrogen (secondary N) is 1. The van der Waals surface area contributed by atoms with Crippen LogP contribution in [0.25, 0.3) is 0 Å². The number of hydrogen-bond acceptors (Lipinski definition) is 6. The van der Waals surface area contributed by atoms with Crippen LogP contribution in [0.5, 0.6) is 11.5 Å². The van der Waals surface area contributed by atoms with E-state index in [2.05, 4.69) is 5.32 Å². The van der Waals surface area contributed by atoms with Gasteiger partial charge in [-0.05, 0) is 25.5 Å². The van der Waals surface area contributed by atoms with E-state index in [1.807, 2.05) is 6.92 Å². The van der Waals surface area contributed by atoms with Crippen LogP contribution in [0.15, 0.2) is 42.5 Å². The highest BCUT2D eigenvalue weighted by Gasteiger charge is 2.27. The Morgan fingerprint density at radius 2 is 1.97 bits per heavy atom. The maximum absolute atomic E-state index is 14.2. The summed E-state index contributed by atoms with van der Waals surface area (Å²) in [7, 11) is 1.28. The van der Waals surface area contributed by atoms with E-state index in [9.17, 15) is 24.1 Å². The Bertz CT molecular complexity index is 968. The highest BCUT2D eigenvalue weighted by Crippen LogP contribution is 2.30. The van der Waals surface area contributed by atoms with Crippen LogP contribution in [0.1, 0.15) is 25.8 Å². The zero-order chi connectivity index (χ0) is 23.7. The van der Waals surface area contributed by atoms with Crippen molar-refractivity contribution in [2.75, 3.05) is 20.3 Å². The van der Waals surface area contributed by atoms with Crippen LogP contribution < -0.4 is 14.8 Å². The summed E-state index contributed by atoms with van der Waals surface area (Å²) in [4.78, 5) is 37.1. The lowest BCUT2D eigenvalue weighted by molar-refractivity contribution is -0.385. The maximum atomic E-state index is 14.2. The molecule has 1 N–H and O–H groups in total. The summed E-state index contributed by atoms with van der Waals surface area (Å²) in [5, 5.41) is 13.7. The second kappa shape index (κ2) is 11.6.